The lowest BCUT2D eigenvalue weighted by molar-refractivity contribution is 1.15. The summed E-state index contributed by atoms with van der Waals surface area (Å²) in [5.41, 5.74) is 1.37. The zero-order chi connectivity index (χ0) is 8.93. The van der Waals surface area contributed by atoms with E-state index in [1.807, 2.05) is 0 Å². The molecule has 2 aliphatic rings. The van der Waals surface area contributed by atoms with Gasteiger partial charge in [-0.2, -0.15) is 0 Å². The van der Waals surface area contributed by atoms with Crippen LogP contribution in [0, 0.1) is 0 Å². The summed E-state index contributed by atoms with van der Waals surface area (Å²) in [4.78, 5) is 0. The Bertz CT molecular complexity index is 219. The number of allylic oxidation sites excluding steroid dienone is 8. The summed E-state index contributed by atoms with van der Waals surface area (Å²) in [6.45, 7) is 0. The summed E-state index contributed by atoms with van der Waals surface area (Å²) < 4.78 is 0. The van der Waals surface area contributed by atoms with E-state index in [4.69, 9.17) is 0 Å². The van der Waals surface area contributed by atoms with Crippen LogP contribution in [0.4, 0.5) is 0 Å². The highest BCUT2D eigenvalue weighted by atomic mass is 28.2. The fourth-order valence-corrected chi connectivity index (χ4v) is 3.06. The Kier molecular flexibility index (Phi) is 2.98. The smallest absolute Gasteiger partial charge is 0.0653 e. The zero-order valence-electron chi connectivity index (χ0n) is 7.69. The first kappa shape index (κ1) is 8.76. The fraction of sp³-hybridized carbons (Fsp3) is 0.333. The number of hydrogen-bond donors (Lipinski definition) is 0. The molecule has 2 rings (SSSR count). The third-order valence-corrected chi connectivity index (χ3v) is 3.84. The van der Waals surface area contributed by atoms with E-state index in [1.165, 1.54) is 0 Å². The van der Waals surface area contributed by atoms with Crippen molar-refractivity contribution in [1.82, 2.24) is 0 Å². The van der Waals surface area contributed by atoms with Crippen molar-refractivity contribution >= 4 is 9.52 Å². The first-order valence-electron chi connectivity index (χ1n) is 4.88. The van der Waals surface area contributed by atoms with Crippen LogP contribution in [0.2, 0.25) is 11.1 Å². The highest BCUT2D eigenvalue weighted by Crippen LogP contribution is 2.23. The molecule has 0 unspecified atom stereocenters. The fourth-order valence-electron chi connectivity index (χ4n) is 1.63. The topological polar surface area (TPSA) is 0 Å². The predicted octanol–water partition coefficient (Wildman–Crippen LogP) is 3.30. The molecule has 0 aromatic carbocycles. The van der Waals surface area contributed by atoms with Crippen LogP contribution in [0.5, 0.6) is 0 Å². The molecule has 0 aromatic heterocycles. The van der Waals surface area contributed by atoms with Gasteiger partial charge in [0.1, 0.15) is 0 Å². The molecule has 13 heavy (non-hydrogen) atoms. The van der Waals surface area contributed by atoms with Gasteiger partial charge in [-0.25, -0.2) is 0 Å². The first-order valence-corrected chi connectivity index (χ1v) is 6.03. The highest BCUT2D eigenvalue weighted by Gasteiger charge is 2.10. The van der Waals surface area contributed by atoms with Crippen molar-refractivity contribution in [1.29, 1.82) is 0 Å². The predicted molar refractivity (Wildman–Crippen MR) is 59.0 cm³/mol. The lowest BCUT2D eigenvalue weighted by Crippen LogP contribution is -2.06. The van der Waals surface area contributed by atoms with Crippen molar-refractivity contribution in [2.45, 2.75) is 23.9 Å². The van der Waals surface area contributed by atoms with Gasteiger partial charge in [0, 0.05) is 0 Å². The molecular formula is C12H14Si. The lowest BCUT2D eigenvalue weighted by Gasteiger charge is -2.15. The number of rotatable bonds is 2. The van der Waals surface area contributed by atoms with Gasteiger partial charge in [-0.15, -0.1) is 0 Å². The van der Waals surface area contributed by atoms with E-state index in [0.717, 1.165) is 22.4 Å². The molecule has 0 aliphatic heterocycles. The van der Waals surface area contributed by atoms with Crippen molar-refractivity contribution in [2.24, 2.45) is 0 Å². The van der Waals surface area contributed by atoms with Gasteiger partial charge in [-0.05, 0) is 23.9 Å². The first-order chi connectivity index (χ1) is 6.45. The minimum absolute atomic E-state index is 0.686. The average Bonchev–Trinajstić information content (AvgIpc) is 2.21. The normalized spacial score (nSPS) is 22.8. The van der Waals surface area contributed by atoms with Crippen LogP contribution in [0.15, 0.2) is 48.6 Å². The molecule has 0 fully saturated rings. The summed E-state index contributed by atoms with van der Waals surface area (Å²) in [5.74, 6) is 0. The lowest BCUT2D eigenvalue weighted by atomic mass is 10.2. The molecule has 0 saturated heterocycles. The summed E-state index contributed by atoms with van der Waals surface area (Å²) in [7, 11) is 0.983. The second-order valence-electron chi connectivity index (χ2n) is 3.40. The summed E-state index contributed by atoms with van der Waals surface area (Å²) in [5, 5.41) is 0. The van der Waals surface area contributed by atoms with Crippen molar-refractivity contribution in [2.75, 3.05) is 0 Å². The van der Waals surface area contributed by atoms with E-state index in [0.29, 0.717) is 11.1 Å². The Morgan fingerprint density at radius 3 is 1.46 bits per heavy atom. The van der Waals surface area contributed by atoms with Crippen LogP contribution in [-0.2, 0) is 0 Å². The molecule has 2 radical (unpaired) electrons. The van der Waals surface area contributed by atoms with Crippen LogP contribution < -0.4 is 0 Å². The van der Waals surface area contributed by atoms with Crippen molar-refractivity contribution in [3.05, 3.63) is 48.6 Å². The van der Waals surface area contributed by atoms with E-state index in [2.05, 4.69) is 48.6 Å². The van der Waals surface area contributed by atoms with E-state index in [1.54, 1.807) is 0 Å². The molecule has 2 aliphatic carbocycles. The standard InChI is InChI=1S/C12H14Si/c1-3-7-11(8-4-1)13-12-9-5-2-6-10-12/h3-12H,1-2H2. The van der Waals surface area contributed by atoms with Crippen LogP contribution >= 0.6 is 0 Å². The van der Waals surface area contributed by atoms with E-state index >= 15 is 0 Å². The van der Waals surface area contributed by atoms with Gasteiger partial charge in [0.25, 0.3) is 0 Å². The molecule has 0 nitrogen and oxygen atoms in total. The van der Waals surface area contributed by atoms with Gasteiger partial charge in [-0.3, -0.25) is 0 Å². The molecule has 0 N–H and O–H groups in total. The summed E-state index contributed by atoms with van der Waals surface area (Å²) in [6, 6.07) is 0. The second kappa shape index (κ2) is 4.42. The Morgan fingerprint density at radius 2 is 1.08 bits per heavy atom. The number of hydrogen-bond acceptors (Lipinski definition) is 0. The molecule has 1 heteroatoms. The third-order valence-electron chi connectivity index (χ3n) is 2.30. The molecule has 0 atom stereocenters. The molecule has 0 aromatic rings. The highest BCUT2D eigenvalue weighted by molar-refractivity contribution is 6.42. The minimum Gasteiger partial charge on any atom is -0.0845 e. The van der Waals surface area contributed by atoms with Gasteiger partial charge in [0.05, 0.1) is 9.52 Å². The van der Waals surface area contributed by atoms with Crippen molar-refractivity contribution in [3.8, 4) is 0 Å². The van der Waals surface area contributed by atoms with Crippen LogP contribution in [-0.4, -0.2) is 9.52 Å². The summed E-state index contributed by atoms with van der Waals surface area (Å²) >= 11 is 0. The monoisotopic (exact) mass is 186 g/mol. The molecule has 0 bridgehead atoms. The van der Waals surface area contributed by atoms with Crippen molar-refractivity contribution in [3.63, 3.8) is 0 Å². The van der Waals surface area contributed by atoms with Crippen LogP contribution in [0.1, 0.15) is 12.8 Å². The summed E-state index contributed by atoms with van der Waals surface area (Å²) in [6.07, 6.45) is 20.7. The van der Waals surface area contributed by atoms with Gasteiger partial charge in [0.2, 0.25) is 0 Å². The van der Waals surface area contributed by atoms with Gasteiger partial charge >= 0.3 is 0 Å². The zero-order valence-corrected chi connectivity index (χ0v) is 8.69. The quantitative estimate of drug-likeness (QED) is 0.458. The molecular weight excluding hydrogens is 172 g/mol. The SMILES string of the molecule is C1=CC([Si]C2C=CCC=C2)C=CC1. The average molecular weight is 186 g/mol. The van der Waals surface area contributed by atoms with Crippen LogP contribution in [0.25, 0.3) is 0 Å². The maximum absolute atomic E-state index is 2.34. The molecule has 0 spiro atoms. The molecule has 0 heterocycles. The Morgan fingerprint density at radius 1 is 0.692 bits per heavy atom. The van der Waals surface area contributed by atoms with E-state index in [-0.39, 0.29) is 0 Å². The Hall–Kier alpha value is -0.823. The van der Waals surface area contributed by atoms with Gasteiger partial charge in [0.15, 0.2) is 0 Å². The molecule has 0 saturated carbocycles. The maximum atomic E-state index is 2.34. The Labute approximate surface area is 82.6 Å². The van der Waals surface area contributed by atoms with E-state index < -0.39 is 0 Å². The van der Waals surface area contributed by atoms with Gasteiger partial charge in [-0.1, -0.05) is 48.6 Å². The Balaban J connectivity index is 1.89. The molecule has 66 valence electrons. The second-order valence-corrected chi connectivity index (χ2v) is 5.07. The van der Waals surface area contributed by atoms with Crippen LogP contribution in [0.3, 0.4) is 0 Å². The molecule has 0 amide bonds. The minimum atomic E-state index is 0.686. The van der Waals surface area contributed by atoms with Crippen molar-refractivity contribution < 1.29 is 0 Å². The third kappa shape index (κ3) is 2.56. The largest absolute Gasteiger partial charge is 0.0845 e. The van der Waals surface area contributed by atoms with E-state index in [9.17, 15) is 0 Å². The van der Waals surface area contributed by atoms with Gasteiger partial charge < -0.3 is 0 Å². The maximum Gasteiger partial charge on any atom is 0.0653 e.